The van der Waals surface area contributed by atoms with Crippen LogP contribution < -0.4 is 5.73 Å². The fourth-order valence-corrected chi connectivity index (χ4v) is 0.775. The van der Waals surface area contributed by atoms with Crippen LogP contribution in [-0.4, -0.2) is 27.9 Å². The average Bonchev–Trinajstić information content (AvgIpc) is 2.30. The molecule has 1 aliphatic heterocycles. The number of hydrogen-bond donors (Lipinski definition) is 1. The minimum Gasteiger partial charge on any atom is -0.530 e. The van der Waals surface area contributed by atoms with Crippen LogP contribution in [0.4, 0.5) is 0 Å². The summed E-state index contributed by atoms with van der Waals surface area (Å²) in [5.74, 6) is -0.429. The van der Waals surface area contributed by atoms with E-state index < -0.39 is 27.9 Å². The molecule has 2 atom stereocenters. The van der Waals surface area contributed by atoms with Crippen molar-refractivity contribution in [3.05, 3.63) is 25.7 Å². The Morgan fingerprint density at radius 3 is 2.33 bits per heavy atom. The van der Waals surface area contributed by atoms with Crippen molar-refractivity contribution in [2.24, 2.45) is 10.8 Å². The third kappa shape index (κ3) is 1.11. The SMILES string of the molecule is NC1=N[N-]C([N+](=O)[O-])C1[N+](=O)[O-]. The zero-order chi connectivity index (χ0) is 9.30. The number of amidine groups is 1. The van der Waals surface area contributed by atoms with Gasteiger partial charge in [-0.1, -0.05) is 0 Å². The van der Waals surface area contributed by atoms with Crippen molar-refractivity contribution in [3.63, 3.8) is 0 Å². The maximum absolute atomic E-state index is 10.2. The van der Waals surface area contributed by atoms with Crippen molar-refractivity contribution in [2.45, 2.75) is 12.2 Å². The lowest BCUT2D eigenvalue weighted by molar-refractivity contribution is -0.594. The summed E-state index contributed by atoms with van der Waals surface area (Å²) in [5, 5.41) is 23.4. The zero-order valence-corrected chi connectivity index (χ0v) is 5.65. The van der Waals surface area contributed by atoms with E-state index in [1.807, 2.05) is 0 Å². The second-order valence-electron chi connectivity index (χ2n) is 2.07. The van der Waals surface area contributed by atoms with Crippen LogP contribution in [0.2, 0.25) is 0 Å². The number of nitro groups is 2. The van der Waals surface area contributed by atoms with E-state index in [1.54, 1.807) is 0 Å². The van der Waals surface area contributed by atoms with Gasteiger partial charge in [0.1, 0.15) is 0 Å². The third-order valence-corrected chi connectivity index (χ3v) is 1.32. The Bertz CT molecular complexity index is 261. The van der Waals surface area contributed by atoms with Gasteiger partial charge in [-0.15, -0.1) is 0 Å². The van der Waals surface area contributed by atoms with Gasteiger partial charge in [-0.2, -0.15) is 0 Å². The van der Waals surface area contributed by atoms with Crippen molar-refractivity contribution in [1.29, 1.82) is 0 Å². The fraction of sp³-hybridized carbons (Fsp3) is 0.667. The Balaban J connectivity index is 2.84. The second kappa shape index (κ2) is 2.60. The van der Waals surface area contributed by atoms with Crippen LogP contribution in [0.15, 0.2) is 5.10 Å². The van der Waals surface area contributed by atoms with E-state index in [1.165, 1.54) is 0 Å². The molecule has 0 radical (unpaired) electrons. The smallest absolute Gasteiger partial charge is 0.318 e. The molecule has 2 N–H and O–H groups in total. The molecule has 9 nitrogen and oxygen atoms in total. The molecule has 9 heteroatoms. The van der Waals surface area contributed by atoms with Crippen molar-refractivity contribution in [3.8, 4) is 0 Å². The van der Waals surface area contributed by atoms with E-state index in [0.29, 0.717) is 0 Å². The molecule has 0 spiro atoms. The van der Waals surface area contributed by atoms with E-state index in [-0.39, 0.29) is 0 Å². The maximum Gasteiger partial charge on any atom is 0.318 e. The van der Waals surface area contributed by atoms with Crippen LogP contribution in [-0.2, 0) is 0 Å². The van der Waals surface area contributed by atoms with Crippen LogP contribution in [0.25, 0.3) is 5.43 Å². The zero-order valence-electron chi connectivity index (χ0n) is 5.65. The summed E-state index contributed by atoms with van der Waals surface area (Å²) in [6.07, 6.45) is -1.68. The van der Waals surface area contributed by atoms with E-state index in [9.17, 15) is 20.2 Å². The van der Waals surface area contributed by atoms with E-state index in [4.69, 9.17) is 5.73 Å². The summed E-state index contributed by atoms with van der Waals surface area (Å²) in [5.41, 5.74) is 8.06. The van der Waals surface area contributed by atoms with Gasteiger partial charge in [-0.25, -0.2) is 0 Å². The van der Waals surface area contributed by atoms with Crippen LogP contribution in [0.3, 0.4) is 0 Å². The Labute approximate surface area is 65.5 Å². The lowest BCUT2D eigenvalue weighted by atomic mass is 10.2. The molecule has 66 valence electrons. The molecule has 1 heterocycles. The molecule has 0 aromatic carbocycles. The highest BCUT2D eigenvalue weighted by Crippen LogP contribution is 2.17. The van der Waals surface area contributed by atoms with Crippen LogP contribution in [0.1, 0.15) is 0 Å². The quantitative estimate of drug-likeness (QED) is 0.417. The van der Waals surface area contributed by atoms with Gasteiger partial charge in [0.2, 0.25) is 6.17 Å². The van der Waals surface area contributed by atoms with Crippen molar-refractivity contribution < 1.29 is 9.85 Å². The molecule has 1 aliphatic rings. The minimum atomic E-state index is -1.68. The number of hydrogen-bond acceptors (Lipinski definition) is 6. The maximum atomic E-state index is 10.2. The van der Waals surface area contributed by atoms with Gasteiger partial charge in [0.15, 0.2) is 5.84 Å². The molecule has 0 aromatic rings. The number of nitrogens with zero attached hydrogens (tertiary/aromatic N) is 4. The van der Waals surface area contributed by atoms with E-state index in [0.717, 1.165) is 0 Å². The largest absolute Gasteiger partial charge is 0.530 e. The molecule has 0 saturated heterocycles. The van der Waals surface area contributed by atoms with Crippen molar-refractivity contribution in [2.75, 3.05) is 0 Å². The standard InChI is InChI=1S/C3H4N5O4/c4-2-1(7(9)10)3(6-5-2)8(11)12/h1,3H,(H2,4,5)/q-1. The highest BCUT2D eigenvalue weighted by Gasteiger charge is 2.40. The molecule has 0 bridgehead atoms. The van der Waals surface area contributed by atoms with Gasteiger partial charge in [-0.3, -0.25) is 20.2 Å². The topological polar surface area (TPSA) is 139 Å². The minimum absolute atomic E-state index is 0.429. The molecule has 0 saturated carbocycles. The molecule has 1 rings (SSSR count). The molecule has 0 aromatic heterocycles. The highest BCUT2D eigenvalue weighted by molar-refractivity contribution is 5.88. The molecule has 0 fully saturated rings. The van der Waals surface area contributed by atoms with Gasteiger partial charge in [-0.05, 0) is 0 Å². The van der Waals surface area contributed by atoms with Gasteiger partial charge in [0.25, 0.3) is 0 Å². The van der Waals surface area contributed by atoms with Crippen molar-refractivity contribution in [1.82, 2.24) is 0 Å². The second-order valence-corrected chi connectivity index (χ2v) is 2.07. The summed E-state index contributed by atoms with van der Waals surface area (Å²) < 4.78 is 0. The van der Waals surface area contributed by atoms with E-state index >= 15 is 0 Å². The van der Waals surface area contributed by atoms with Gasteiger partial charge >= 0.3 is 6.04 Å². The van der Waals surface area contributed by atoms with Crippen LogP contribution in [0.5, 0.6) is 0 Å². The highest BCUT2D eigenvalue weighted by atomic mass is 16.6. The molecular formula is C3H4N5O4-. The Morgan fingerprint density at radius 1 is 1.42 bits per heavy atom. The monoisotopic (exact) mass is 174 g/mol. The average molecular weight is 174 g/mol. The van der Waals surface area contributed by atoms with E-state index in [2.05, 4.69) is 10.5 Å². The lowest BCUT2D eigenvalue weighted by Crippen LogP contribution is -2.43. The summed E-state index contributed by atoms with van der Waals surface area (Å²) in [4.78, 5) is 18.6. The molecule has 12 heavy (non-hydrogen) atoms. The summed E-state index contributed by atoms with van der Waals surface area (Å²) in [6, 6.07) is -1.63. The molecular weight excluding hydrogens is 170 g/mol. The Morgan fingerprint density at radius 2 is 2.00 bits per heavy atom. The number of rotatable bonds is 2. The fourth-order valence-electron chi connectivity index (χ4n) is 0.775. The lowest BCUT2D eigenvalue weighted by Gasteiger charge is -2.12. The summed E-state index contributed by atoms with van der Waals surface area (Å²) >= 11 is 0. The first-order chi connectivity index (χ1) is 5.54. The first-order valence-electron chi connectivity index (χ1n) is 2.84. The third-order valence-electron chi connectivity index (χ3n) is 1.32. The molecule has 0 amide bonds. The van der Waals surface area contributed by atoms with Crippen LogP contribution >= 0.6 is 0 Å². The predicted molar refractivity (Wildman–Crippen MR) is 36.5 cm³/mol. The van der Waals surface area contributed by atoms with Gasteiger partial charge in [0, 0.05) is 9.85 Å². The van der Waals surface area contributed by atoms with Gasteiger partial charge in [0.05, 0.1) is 0 Å². The molecule has 2 unspecified atom stereocenters. The Hall–Kier alpha value is -1.93. The first kappa shape index (κ1) is 8.17. The normalized spacial score (nSPS) is 27.5. The Kier molecular flexibility index (Phi) is 1.77. The first-order valence-corrected chi connectivity index (χ1v) is 2.84. The van der Waals surface area contributed by atoms with Crippen molar-refractivity contribution >= 4 is 5.84 Å². The number of nitrogens with two attached hydrogens (primary N) is 1. The molecule has 0 aliphatic carbocycles. The summed E-state index contributed by atoms with van der Waals surface area (Å²) in [6.45, 7) is 0. The van der Waals surface area contributed by atoms with Gasteiger partial charge < -0.3 is 16.3 Å². The predicted octanol–water partition coefficient (Wildman–Crippen LogP) is -1.11. The summed E-state index contributed by atoms with van der Waals surface area (Å²) in [7, 11) is 0. The van der Waals surface area contributed by atoms with Crippen LogP contribution in [0, 0.1) is 20.2 Å².